The van der Waals surface area contributed by atoms with Crippen molar-refractivity contribution in [1.82, 2.24) is 0 Å². The molecule has 0 radical (unpaired) electrons. The van der Waals surface area contributed by atoms with Crippen LogP contribution in [0.4, 0.5) is 0 Å². The second kappa shape index (κ2) is 51.6. The van der Waals surface area contributed by atoms with Crippen molar-refractivity contribution in [3.05, 3.63) is 6.57 Å². The Morgan fingerprint density at radius 3 is 1.25 bits per heavy atom. The first-order valence-corrected chi connectivity index (χ1v) is 0.224. The fourth-order valence-electron chi connectivity index (χ4n) is 0. The molecule has 0 bridgehead atoms. The van der Waals surface area contributed by atoms with Gasteiger partial charge in [0, 0.05) is 21.7 Å². The van der Waals surface area contributed by atoms with Crippen LogP contribution in [0.25, 0.3) is 0 Å². The quantitative estimate of drug-likeness (QED) is 0.283. The van der Waals surface area contributed by atoms with Crippen LogP contribution in [0.1, 0.15) is 0 Å². The fraction of sp³-hybridized carbons (Fsp3) is 0. The van der Waals surface area contributed by atoms with Gasteiger partial charge in [-0.15, -0.1) is 0 Å². The molecule has 0 amide bonds. The molecule has 0 atom stereocenters. The van der Waals surface area contributed by atoms with E-state index in [-0.39, 0.29) is 39.1 Å². The smallest absolute Gasteiger partial charge is 0.187 e. The van der Waals surface area contributed by atoms with Crippen molar-refractivity contribution in [2.75, 3.05) is 0 Å². The first-order chi connectivity index (χ1) is 1.00. The zero-order valence-electron chi connectivity index (χ0n) is 1.45. The Labute approximate surface area is 51.0 Å². The number of rotatable bonds is 0. The van der Waals surface area contributed by atoms with Crippen LogP contribution >= 0.6 is 0 Å². The monoisotopic (exact) mass is 104 g/mol. The molecule has 0 aromatic heterocycles. The predicted molar refractivity (Wildman–Crippen MR) is 14.9 cm³/mol. The van der Waals surface area contributed by atoms with Gasteiger partial charge in [0.2, 0.25) is 0 Å². The van der Waals surface area contributed by atoms with Crippen molar-refractivity contribution < 1.29 is 21.7 Å². The van der Waals surface area contributed by atoms with Crippen LogP contribution in [0.5, 0.6) is 0 Å². The van der Waals surface area contributed by atoms with Crippen molar-refractivity contribution in [2.45, 2.75) is 0 Å². The topological polar surface area (TPSA) is 23.8 Å². The summed E-state index contributed by atoms with van der Waals surface area (Å²) in [6.45, 7) is 4.75. The molecule has 0 N–H and O–H groups in total. The summed E-state index contributed by atoms with van der Waals surface area (Å²) < 4.78 is 0. The molecule has 0 aliphatic carbocycles. The summed E-state index contributed by atoms with van der Waals surface area (Å²) in [4.78, 5) is 0. The van der Waals surface area contributed by atoms with E-state index in [0.717, 1.165) is 0 Å². The Balaban J connectivity index is -0.00000000500. The molecule has 4 heavy (non-hydrogen) atoms. The summed E-state index contributed by atoms with van der Waals surface area (Å²) in [5.74, 6) is 0. The van der Waals surface area contributed by atoms with Gasteiger partial charge in [-0.05, 0) is 0 Å². The van der Waals surface area contributed by atoms with E-state index in [2.05, 4.69) is 0 Å². The maximum absolute atomic E-state index is 6.25. The summed E-state index contributed by atoms with van der Waals surface area (Å²) in [6.07, 6.45) is 0. The molecular formula is CH3AlNTi-. The summed E-state index contributed by atoms with van der Waals surface area (Å²) in [5, 5.41) is 6.25. The summed E-state index contributed by atoms with van der Waals surface area (Å²) in [6, 6.07) is 0. The minimum absolute atomic E-state index is 0. The zero-order valence-corrected chi connectivity index (χ0v) is 3.01. The molecule has 0 unspecified atom stereocenters. The summed E-state index contributed by atoms with van der Waals surface area (Å²) in [5.41, 5.74) is 0. The average Bonchev–Trinajstić information content (AvgIpc) is 1.00. The third-order valence-electron chi connectivity index (χ3n) is 0. The van der Waals surface area contributed by atoms with Crippen LogP contribution < -0.4 is 0 Å². The molecule has 0 spiro atoms. The molecule has 0 aromatic carbocycles. The number of hydrogen-bond acceptors (Lipinski definition) is 1. The molecule has 0 rings (SSSR count). The molecule has 0 saturated heterocycles. The summed E-state index contributed by atoms with van der Waals surface area (Å²) in [7, 11) is 0. The van der Waals surface area contributed by atoms with Crippen molar-refractivity contribution in [2.24, 2.45) is 0 Å². The average molecular weight is 104 g/mol. The van der Waals surface area contributed by atoms with Crippen LogP contribution in [-0.2, 0) is 21.7 Å². The molecule has 1 nitrogen and oxygen atoms in total. The second-order valence-corrected chi connectivity index (χ2v) is 0. The van der Waals surface area contributed by atoms with Gasteiger partial charge in [-0.2, -0.15) is 0 Å². The van der Waals surface area contributed by atoms with E-state index in [0.29, 0.717) is 0 Å². The van der Waals surface area contributed by atoms with E-state index in [1.807, 2.05) is 0 Å². The Kier molecular flexibility index (Phi) is 283. The van der Waals surface area contributed by atoms with E-state index >= 15 is 0 Å². The van der Waals surface area contributed by atoms with Gasteiger partial charge in [-0.3, -0.25) is 0 Å². The van der Waals surface area contributed by atoms with Gasteiger partial charge in [-0.1, -0.05) is 0 Å². The minimum atomic E-state index is 0. The largest absolute Gasteiger partial charge is 0.512 e. The first-order valence-electron chi connectivity index (χ1n) is 0.224. The Morgan fingerprint density at radius 2 is 1.25 bits per heavy atom. The van der Waals surface area contributed by atoms with Crippen molar-refractivity contribution in [3.8, 4) is 0 Å². The molecular weight excluding hydrogens is 101 g/mol. The van der Waals surface area contributed by atoms with Gasteiger partial charge in [0.1, 0.15) is 0 Å². The number of nitrogens with zero attached hydrogens (tertiary/aromatic N) is 1. The second-order valence-electron chi connectivity index (χ2n) is 0. The molecule has 0 aromatic rings. The minimum Gasteiger partial charge on any atom is -0.512 e. The van der Waals surface area contributed by atoms with Gasteiger partial charge in [0.25, 0.3) is 0 Å². The Bertz CT molecular complexity index is 12.8. The van der Waals surface area contributed by atoms with Gasteiger partial charge < -0.3 is 11.8 Å². The van der Waals surface area contributed by atoms with Gasteiger partial charge in [-0.25, -0.2) is 0 Å². The molecule has 0 fully saturated rings. The maximum atomic E-state index is 6.25. The molecule has 0 aliphatic rings. The Hall–Kier alpha value is 0.737. The summed E-state index contributed by atoms with van der Waals surface area (Å²) >= 11 is 0. The van der Waals surface area contributed by atoms with E-state index in [1.54, 1.807) is 0 Å². The van der Waals surface area contributed by atoms with E-state index in [4.69, 9.17) is 11.8 Å². The third-order valence-corrected chi connectivity index (χ3v) is 0. The molecule has 0 aliphatic heterocycles. The van der Waals surface area contributed by atoms with Crippen molar-refractivity contribution in [3.63, 3.8) is 0 Å². The molecule has 0 saturated carbocycles. The molecule has 3 heteroatoms. The normalized spacial score (nSPS) is 0.500. The predicted octanol–water partition coefficient (Wildman–Crippen LogP) is -1.09. The van der Waals surface area contributed by atoms with E-state index in [9.17, 15) is 0 Å². The maximum Gasteiger partial charge on any atom is 0.187 e. The molecule has 20 valence electrons. The fourth-order valence-corrected chi connectivity index (χ4v) is 0. The van der Waals surface area contributed by atoms with Crippen LogP contribution in [0.3, 0.4) is 0 Å². The number of hydrogen-bond donors (Lipinski definition) is 0. The van der Waals surface area contributed by atoms with E-state index < -0.39 is 0 Å². The first kappa shape index (κ1) is 21.9. The van der Waals surface area contributed by atoms with Crippen LogP contribution in [-0.4, -0.2) is 17.4 Å². The van der Waals surface area contributed by atoms with Crippen molar-refractivity contribution in [1.29, 1.82) is 5.26 Å². The molecule has 0 heterocycles. The van der Waals surface area contributed by atoms with Gasteiger partial charge in [0.15, 0.2) is 17.4 Å². The van der Waals surface area contributed by atoms with Crippen molar-refractivity contribution >= 4 is 17.4 Å². The standard InChI is InChI=1S/CN.Al.Ti.3H/c1-2;;;;;/q-1;;;;;. The Morgan fingerprint density at radius 1 is 1.25 bits per heavy atom. The van der Waals surface area contributed by atoms with Crippen LogP contribution in [0, 0.1) is 11.8 Å². The zero-order chi connectivity index (χ0) is 2.00. The van der Waals surface area contributed by atoms with Gasteiger partial charge >= 0.3 is 0 Å². The van der Waals surface area contributed by atoms with Gasteiger partial charge in [0.05, 0.1) is 0 Å². The van der Waals surface area contributed by atoms with Crippen LogP contribution in [0.2, 0.25) is 0 Å². The SMILES string of the molecule is [AlH3].[C-]#N.[Ti]. The third kappa shape index (κ3) is 15.2. The van der Waals surface area contributed by atoms with E-state index in [1.165, 1.54) is 0 Å². The van der Waals surface area contributed by atoms with Crippen LogP contribution in [0.15, 0.2) is 0 Å².